The molecule has 0 aliphatic rings. The fraction of sp³-hybridized carbons (Fsp3) is 0.0909. The molecule has 0 fully saturated rings. The number of nitrogens with two attached hydrogens (primary N) is 1. The number of aryl methyl sites for hydroxylation is 1. The zero-order chi connectivity index (χ0) is 11.5. The van der Waals surface area contributed by atoms with Gasteiger partial charge in [-0.1, -0.05) is 0 Å². The maximum absolute atomic E-state index is 13.0. The van der Waals surface area contributed by atoms with Gasteiger partial charge in [-0.3, -0.25) is 0 Å². The largest absolute Gasteiger partial charge is 0.439 e. The predicted octanol–water partition coefficient (Wildman–Crippen LogP) is 2.30. The third kappa shape index (κ3) is 2.25. The summed E-state index contributed by atoms with van der Waals surface area (Å²) in [5, 5.41) is 0. The van der Waals surface area contributed by atoms with Crippen molar-refractivity contribution in [3.05, 3.63) is 41.8 Å². The van der Waals surface area contributed by atoms with Crippen molar-refractivity contribution in [3.63, 3.8) is 0 Å². The van der Waals surface area contributed by atoms with Crippen LogP contribution in [0, 0.1) is 12.7 Å². The Morgan fingerprint density at radius 1 is 1.31 bits per heavy atom. The molecule has 0 unspecified atom stereocenters. The molecule has 5 heteroatoms. The summed E-state index contributed by atoms with van der Waals surface area (Å²) in [7, 11) is 0. The van der Waals surface area contributed by atoms with Gasteiger partial charge in [-0.25, -0.2) is 9.37 Å². The SMILES string of the molecule is Cc1cc(Oc2ccnc(N)n2)ccc1F. The predicted molar refractivity (Wildman–Crippen MR) is 57.7 cm³/mol. The Labute approximate surface area is 91.9 Å². The van der Waals surface area contributed by atoms with Gasteiger partial charge in [0.2, 0.25) is 11.8 Å². The zero-order valence-corrected chi connectivity index (χ0v) is 8.64. The monoisotopic (exact) mass is 219 g/mol. The van der Waals surface area contributed by atoms with Crippen LogP contribution in [0.25, 0.3) is 0 Å². The lowest BCUT2D eigenvalue weighted by Gasteiger charge is -2.05. The lowest BCUT2D eigenvalue weighted by molar-refractivity contribution is 0.460. The van der Waals surface area contributed by atoms with Crippen LogP contribution in [-0.2, 0) is 0 Å². The third-order valence-corrected chi connectivity index (χ3v) is 2.00. The minimum Gasteiger partial charge on any atom is -0.439 e. The number of ether oxygens (including phenoxy) is 1. The maximum Gasteiger partial charge on any atom is 0.224 e. The highest BCUT2D eigenvalue weighted by Gasteiger charge is 2.02. The molecule has 16 heavy (non-hydrogen) atoms. The van der Waals surface area contributed by atoms with Crippen molar-refractivity contribution >= 4 is 5.95 Å². The van der Waals surface area contributed by atoms with Gasteiger partial charge >= 0.3 is 0 Å². The summed E-state index contributed by atoms with van der Waals surface area (Å²) in [5.41, 5.74) is 5.92. The van der Waals surface area contributed by atoms with E-state index in [4.69, 9.17) is 10.5 Å². The first-order valence-corrected chi connectivity index (χ1v) is 4.67. The number of nitrogen functional groups attached to an aromatic ring is 1. The van der Waals surface area contributed by atoms with E-state index < -0.39 is 0 Å². The van der Waals surface area contributed by atoms with Crippen LogP contribution in [0.3, 0.4) is 0 Å². The Morgan fingerprint density at radius 3 is 2.81 bits per heavy atom. The Bertz CT molecular complexity index is 516. The smallest absolute Gasteiger partial charge is 0.224 e. The lowest BCUT2D eigenvalue weighted by atomic mass is 10.2. The van der Waals surface area contributed by atoms with Crippen LogP contribution in [0.2, 0.25) is 0 Å². The summed E-state index contributed by atoms with van der Waals surface area (Å²) in [4.78, 5) is 7.61. The van der Waals surface area contributed by atoms with Crippen LogP contribution in [0.1, 0.15) is 5.56 Å². The summed E-state index contributed by atoms with van der Waals surface area (Å²) >= 11 is 0. The van der Waals surface area contributed by atoms with E-state index in [1.54, 1.807) is 19.1 Å². The fourth-order valence-corrected chi connectivity index (χ4v) is 1.21. The molecule has 0 amide bonds. The maximum atomic E-state index is 13.0. The first-order chi connectivity index (χ1) is 7.65. The zero-order valence-electron chi connectivity index (χ0n) is 8.64. The molecule has 0 aliphatic heterocycles. The number of nitrogens with zero attached hydrogens (tertiary/aromatic N) is 2. The molecule has 1 aromatic heterocycles. The number of anilines is 1. The van der Waals surface area contributed by atoms with Gasteiger partial charge < -0.3 is 10.5 Å². The number of halogens is 1. The van der Waals surface area contributed by atoms with Gasteiger partial charge in [0.25, 0.3) is 0 Å². The van der Waals surface area contributed by atoms with Gasteiger partial charge in [-0.15, -0.1) is 0 Å². The van der Waals surface area contributed by atoms with Crippen LogP contribution in [0.4, 0.5) is 10.3 Å². The number of hydrogen-bond acceptors (Lipinski definition) is 4. The summed E-state index contributed by atoms with van der Waals surface area (Å²) in [5.74, 6) is 0.710. The molecule has 1 heterocycles. The van der Waals surface area contributed by atoms with Crippen molar-refractivity contribution in [1.29, 1.82) is 0 Å². The quantitative estimate of drug-likeness (QED) is 0.841. The third-order valence-electron chi connectivity index (χ3n) is 2.00. The Hall–Kier alpha value is -2.17. The molecule has 0 bridgehead atoms. The second kappa shape index (κ2) is 4.14. The molecule has 0 saturated carbocycles. The first-order valence-electron chi connectivity index (χ1n) is 4.67. The number of benzene rings is 1. The van der Waals surface area contributed by atoms with Gasteiger partial charge in [-0.05, 0) is 30.7 Å². The molecule has 0 atom stereocenters. The molecular formula is C11H10FN3O. The van der Waals surface area contributed by atoms with Crippen molar-refractivity contribution < 1.29 is 9.13 Å². The second-order valence-corrected chi connectivity index (χ2v) is 3.27. The average Bonchev–Trinajstić information content (AvgIpc) is 2.24. The van der Waals surface area contributed by atoms with Gasteiger partial charge in [-0.2, -0.15) is 4.98 Å². The summed E-state index contributed by atoms with van der Waals surface area (Å²) in [6.45, 7) is 1.66. The van der Waals surface area contributed by atoms with E-state index in [1.165, 1.54) is 18.3 Å². The molecule has 0 saturated heterocycles. The van der Waals surface area contributed by atoms with Gasteiger partial charge in [0.1, 0.15) is 11.6 Å². The van der Waals surface area contributed by atoms with Crippen LogP contribution < -0.4 is 10.5 Å². The van der Waals surface area contributed by atoms with E-state index in [-0.39, 0.29) is 11.8 Å². The minimum atomic E-state index is -0.269. The molecule has 2 N–H and O–H groups in total. The molecule has 0 aliphatic carbocycles. The molecule has 82 valence electrons. The van der Waals surface area contributed by atoms with E-state index >= 15 is 0 Å². The molecule has 0 radical (unpaired) electrons. The van der Waals surface area contributed by atoms with Crippen LogP contribution >= 0.6 is 0 Å². The molecular weight excluding hydrogens is 209 g/mol. The van der Waals surface area contributed by atoms with Crippen molar-refractivity contribution in [1.82, 2.24) is 9.97 Å². The van der Waals surface area contributed by atoms with E-state index in [2.05, 4.69) is 9.97 Å². The minimum absolute atomic E-state index is 0.135. The highest BCUT2D eigenvalue weighted by Crippen LogP contribution is 2.21. The summed E-state index contributed by atoms with van der Waals surface area (Å²) < 4.78 is 18.4. The van der Waals surface area contributed by atoms with E-state index in [1.807, 2.05) is 0 Å². The van der Waals surface area contributed by atoms with E-state index in [9.17, 15) is 4.39 Å². The second-order valence-electron chi connectivity index (χ2n) is 3.27. The Balaban J connectivity index is 2.24. The first kappa shape index (κ1) is 10.4. The molecule has 2 rings (SSSR count). The van der Waals surface area contributed by atoms with Crippen molar-refractivity contribution in [3.8, 4) is 11.6 Å². The number of hydrogen-bond donors (Lipinski definition) is 1. The van der Waals surface area contributed by atoms with Crippen LogP contribution in [-0.4, -0.2) is 9.97 Å². The number of rotatable bonds is 2. The van der Waals surface area contributed by atoms with E-state index in [0.29, 0.717) is 17.2 Å². The number of aromatic nitrogens is 2. The average molecular weight is 219 g/mol. The fourth-order valence-electron chi connectivity index (χ4n) is 1.21. The van der Waals surface area contributed by atoms with Crippen LogP contribution in [0.5, 0.6) is 11.6 Å². The summed E-state index contributed by atoms with van der Waals surface area (Å²) in [6.07, 6.45) is 1.49. The standard InChI is InChI=1S/C11H10FN3O/c1-7-6-8(2-3-9(7)12)16-10-4-5-14-11(13)15-10/h2-6H,1H3,(H2,13,14,15). The van der Waals surface area contributed by atoms with E-state index in [0.717, 1.165) is 0 Å². The molecule has 2 aromatic rings. The highest BCUT2D eigenvalue weighted by atomic mass is 19.1. The van der Waals surface area contributed by atoms with Crippen molar-refractivity contribution in [2.24, 2.45) is 0 Å². The van der Waals surface area contributed by atoms with Gasteiger partial charge in [0, 0.05) is 12.3 Å². The lowest BCUT2D eigenvalue weighted by Crippen LogP contribution is -1.96. The van der Waals surface area contributed by atoms with Crippen molar-refractivity contribution in [2.45, 2.75) is 6.92 Å². The molecule has 4 nitrogen and oxygen atoms in total. The molecule has 1 aromatic carbocycles. The highest BCUT2D eigenvalue weighted by molar-refractivity contribution is 5.32. The topological polar surface area (TPSA) is 61.0 Å². The normalized spacial score (nSPS) is 10.1. The van der Waals surface area contributed by atoms with Crippen LogP contribution in [0.15, 0.2) is 30.5 Å². The molecule has 0 spiro atoms. The Kier molecular flexibility index (Phi) is 2.68. The summed E-state index contributed by atoms with van der Waals surface area (Å²) in [6, 6.07) is 6.04. The van der Waals surface area contributed by atoms with Gasteiger partial charge in [0.15, 0.2) is 0 Å². The van der Waals surface area contributed by atoms with Crippen molar-refractivity contribution in [2.75, 3.05) is 5.73 Å². The van der Waals surface area contributed by atoms with Gasteiger partial charge in [0.05, 0.1) is 0 Å². The Morgan fingerprint density at radius 2 is 2.12 bits per heavy atom.